The molecule has 0 fully saturated rings. The number of hydrogen-bond donors (Lipinski definition) is 2. The van der Waals surface area contributed by atoms with Crippen LogP contribution in [0.15, 0.2) is 42.0 Å². The van der Waals surface area contributed by atoms with Gasteiger partial charge in [0.25, 0.3) is 0 Å². The topological polar surface area (TPSA) is 91.5 Å². The van der Waals surface area contributed by atoms with E-state index in [4.69, 9.17) is 19.9 Å². The van der Waals surface area contributed by atoms with Gasteiger partial charge >= 0.3 is 0 Å². The molecule has 0 aromatic carbocycles. The third-order valence-corrected chi connectivity index (χ3v) is 4.16. The Morgan fingerprint density at radius 3 is 2.92 bits per heavy atom. The lowest BCUT2D eigenvalue weighted by molar-refractivity contribution is 0.185. The second kappa shape index (κ2) is 9.70. The minimum Gasteiger partial charge on any atom is -0.501 e. The van der Waals surface area contributed by atoms with Crippen molar-refractivity contribution in [1.82, 2.24) is 9.97 Å². The van der Waals surface area contributed by atoms with Crippen LogP contribution >= 0.6 is 0 Å². The Morgan fingerprint density at radius 2 is 2.23 bits per heavy atom. The summed E-state index contributed by atoms with van der Waals surface area (Å²) in [4.78, 5) is 8.27. The number of nitrogen functional groups attached to an aromatic ring is 1. The Morgan fingerprint density at radius 1 is 1.42 bits per heavy atom. The Bertz CT molecular complexity index is 685. The van der Waals surface area contributed by atoms with Gasteiger partial charge in [-0.05, 0) is 18.9 Å². The van der Waals surface area contributed by atoms with Crippen LogP contribution in [0.4, 0.5) is 11.8 Å². The van der Waals surface area contributed by atoms with Crippen molar-refractivity contribution in [2.24, 2.45) is 5.92 Å². The van der Waals surface area contributed by atoms with E-state index in [0.29, 0.717) is 23.9 Å². The number of hydrogen-bond acceptors (Lipinski definition) is 7. The summed E-state index contributed by atoms with van der Waals surface area (Å²) in [5, 5.41) is 3.26. The average Bonchev–Trinajstić information content (AvgIpc) is 2.66. The monoisotopic (exact) mass is 360 g/mol. The fourth-order valence-electron chi connectivity index (χ4n) is 2.59. The van der Waals surface area contributed by atoms with Gasteiger partial charge in [0.1, 0.15) is 11.5 Å². The molecule has 0 amide bonds. The third-order valence-electron chi connectivity index (χ3n) is 4.16. The van der Waals surface area contributed by atoms with Gasteiger partial charge in [-0.1, -0.05) is 26.0 Å². The number of nitrogens with two attached hydrogens (primary N) is 1. The normalized spacial score (nSPS) is 16.3. The molecule has 1 unspecified atom stereocenters. The summed E-state index contributed by atoms with van der Waals surface area (Å²) in [7, 11) is 3.26. The van der Waals surface area contributed by atoms with E-state index in [2.05, 4.69) is 34.9 Å². The van der Waals surface area contributed by atoms with Gasteiger partial charge in [0.2, 0.25) is 5.95 Å². The van der Waals surface area contributed by atoms with Crippen molar-refractivity contribution in [1.29, 1.82) is 0 Å². The van der Waals surface area contributed by atoms with E-state index in [1.807, 2.05) is 6.08 Å². The molecule has 7 heteroatoms. The number of rotatable bonds is 10. The van der Waals surface area contributed by atoms with Crippen LogP contribution in [0, 0.1) is 5.92 Å². The summed E-state index contributed by atoms with van der Waals surface area (Å²) in [5.74, 6) is 2.97. The van der Waals surface area contributed by atoms with Crippen LogP contribution in [0.2, 0.25) is 0 Å². The van der Waals surface area contributed by atoms with E-state index in [9.17, 15) is 0 Å². The summed E-state index contributed by atoms with van der Waals surface area (Å²) in [5.41, 5.74) is 6.63. The summed E-state index contributed by atoms with van der Waals surface area (Å²) >= 11 is 0. The number of nitrogens with one attached hydrogen (secondary N) is 1. The van der Waals surface area contributed by atoms with Crippen LogP contribution in [-0.2, 0) is 9.47 Å². The van der Waals surface area contributed by atoms with E-state index >= 15 is 0 Å². The Balaban J connectivity index is 2.03. The van der Waals surface area contributed by atoms with Crippen LogP contribution in [0.3, 0.4) is 0 Å². The molecule has 0 saturated carbocycles. The first kappa shape index (κ1) is 19.6. The molecular weight excluding hydrogens is 332 g/mol. The predicted octanol–water partition coefficient (Wildman–Crippen LogP) is 3.29. The highest BCUT2D eigenvalue weighted by molar-refractivity contribution is 5.51. The molecule has 1 aromatic heterocycles. The van der Waals surface area contributed by atoms with Crippen LogP contribution < -0.4 is 15.8 Å². The van der Waals surface area contributed by atoms with Crippen molar-refractivity contribution in [3.8, 4) is 5.75 Å². The molecule has 26 heavy (non-hydrogen) atoms. The zero-order valence-electron chi connectivity index (χ0n) is 15.7. The highest BCUT2D eigenvalue weighted by Gasteiger charge is 2.22. The first-order valence-corrected chi connectivity index (χ1v) is 8.77. The molecule has 0 radical (unpaired) electrons. The van der Waals surface area contributed by atoms with Crippen molar-refractivity contribution < 1.29 is 14.2 Å². The number of nitrogens with zero attached hydrogens (tertiary/aromatic N) is 2. The highest BCUT2D eigenvalue weighted by Crippen LogP contribution is 2.29. The number of aromatic nitrogens is 2. The van der Waals surface area contributed by atoms with Crippen molar-refractivity contribution in [3.05, 3.63) is 42.0 Å². The Kier molecular flexibility index (Phi) is 7.32. The van der Waals surface area contributed by atoms with Gasteiger partial charge in [0.05, 0.1) is 32.9 Å². The number of unbranched alkanes of at least 4 members (excludes halogenated alkanes) is 1. The van der Waals surface area contributed by atoms with Crippen LogP contribution in [-0.4, -0.2) is 37.3 Å². The smallest absolute Gasteiger partial charge is 0.222 e. The summed E-state index contributed by atoms with van der Waals surface area (Å²) in [6, 6.07) is 0. The number of allylic oxidation sites excluding steroid dienone is 2. The molecule has 7 nitrogen and oxygen atoms in total. The van der Waals surface area contributed by atoms with Gasteiger partial charge in [-0.15, -0.1) is 0 Å². The summed E-state index contributed by atoms with van der Waals surface area (Å²) in [6.07, 6.45) is 8.51. The lowest BCUT2D eigenvalue weighted by Gasteiger charge is -2.23. The maximum absolute atomic E-state index is 5.97. The van der Waals surface area contributed by atoms with Gasteiger partial charge in [-0.25, -0.2) is 4.98 Å². The van der Waals surface area contributed by atoms with E-state index in [1.54, 1.807) is 20.4 Å². The predicted molar refractivity (Wildman–Crippen MR) is 103 cm³/mol. The van der Waals surface area contributed by atoms with Gasteiger partial charge in [-0.3, -0.25) is 0 Å². The van der Waals surface area contributed by atoms with E-state index in [-0.39, 0.29) is 11.9 Å². The fraction of sp³-hybridized carbons (Fsp3) is 0.474. The van der Waals surface area contributed by atoms with Crippen LogP contribution in [0.5, 0.6) is 5.75 Å². The third kappa shape index (κ3) is 5.15. The standard InChI is InChI=1S/C19H28N4O3/c1-5-6-9-21-18-17(11-22-19(20)23-18)26-12-15-8-7-14(13(2)24-3)10-16(15)25-4/h7,10-11,15H,2,5-6,8-9,12H2,1,3-4H3,(H3,20,21,22,23). The molecule has 1 atom stereocenters. The maximum Gasteiger partial charge on any atom is 0.222 e. The molecule has 1 aliphatic rings. The van der Waals surface area contributed by atoms with Crippen LogP contribution in [0.1, 0.15) is 26.2 Å². The zero-order chi connectivity index (χ0) is 18.9. The van der Waals surface area contributed by atoms with Gasteiger partial charge < -0.3 is 25.3 Å². The van der Waals surface area contributed by atoms with E-state index in [1.165, 1.54) is 0 Å². The van der Waals surface area contributed by atoms with Gasteiger partial charge in [-0.2, -0.15) is 4.98 Å². The maximum atomic E-state index is 5.97. The SMILES string of the molecule is C=C(OC)C1=CCC(COc2cnc(N)nc2NCCCC)C(OC)=C1. The van der Waals surface area contributed by atoms with Crippen molar-refractivity contribution in [3.63, 3.8) is 0 Å². The molecule has 0 saturated heterocycles. The van der Waals surface area contributed by atoms with Crippen LogP contribution in [0.25, 0.3) is 0 Å². The highest BCUT2D eigenvalue weighted by atomic mass is 16.5. The molecule has 0 bridgehead atoms. The molecule has 1 heterocycles. The van der Waals surface area contributed by atoms with E-state index in [0.717, 1.165) is 37.1 Å². The Labute approximate surface area is 155 Å². The second-order valence-corrected chi connectivity index (χ2v) is 6.00. The molecule has 142 valence electrons. The van der Waals surface area contributed by atoms with Gasteiger partial charge in [0, 0.05) is 12.1 Å². The minimum atomic E-state index is 0.0921. The lowest BCUT2D eigenvalue weighted by atomic mass is 9.94. The molecule has 3 N–H and O–H groups in total. The molecule has 1 aliphatic carbocycles. The number of anilines is 2. The molecule has 1 aromatic rings. The minimum absolute atomic E-state index is 0.0921. The molecule has 0 spiro atoms. The zero-order valence-corrected chi connectivity index (χ0v) is 15.7. The summed E-state index contributed by atoms with van der Waals surface area (Å²) < 4.78 is 16.7. The number of methoxy groups -OCH3 is 2. The summed E-state index contributed by atoms with van der Waals surface area (Å²) in [6.45, 7) is 7.26. The molecule has 0 aliphatic heterocycles. The quantitative estimate of drug-likeness (QED) is 0.488. The second-order valence-electron chi connectivity index (χ2n) is 6.00. The van der Waals surface area contributed by atoms with Crippen molar-refractivity contribution in [2.75, 3.05) is 38.4 Å². The first-order valence-electron chi connectivity index (χ1n) is 8.77. The average molecular weight is 360 g/mol. The molecule has 2 rings (SSSR count). The van der Waals surface area contributed by atoms with Crippen molar-refractivity contribution >= 4 is 11.8 Å². The largest absolute Gasteiger partial charge is 0.501 e. The Hall–Kier alpha value is -2.70. The van der Waals surface area contributed by atoms with E-state index < -0.39 is 0 Å². The fourth-order valence-corrected chi connectivity index (χ4v) is 2.59. The lowest BCUT2D eigenvalue weighted by Crippen LogP contribution is -2.19. The van der Waals surface area contributed by atoms with Gasteiger partial charge in [0.15, 0.2) is 11.6 Å². The first-order chi connectivity index (χ1) is 12.6. The molecular formula is C19H28N4O3. The number of ether oxygens (including phenoxy) is 3. The van der Waals surface area contributed by atoms with Crippen molar-refractivity contribution in [2.45, 2.75) is 26.2 Å².